The highest BCUT2D eigenvalue weighted by Crippen LogP contribution is 2.34. The Bertz CT molecular complexity index is 427. The number of alkyl halides is 3. The highest BCUT2D eigenvalue weighted by molar-refractivity contribution is 9.10. The zero-order valence-corrected chi connectivity index (χ0v) is 12.5. The first-order valence-electron chi connectivity index (χ1n) is 5.00. The van der Waals surface area contributed by atoms with Crippen LogP contribution in [0.15, 0.2) is 33.7 Å². The van der Waals surface area contributed by atoms with Crippen LogP contribution < -0.4 is 0 Å². The second-order valence-corrected chi connectivity index (χ2v) is 6.83. The van der Waals surface area contributed by atoms with Gasteiger partial charge in [0, 0.05) is 10.9 Å². The van der Waals surface area contributed by atoms with Crippen LogP contribution in [0, 0.1) is 0 Å². The molecule has 17 heavy (non-hydrogen) atoms. The minimum atomic E-state index is -1.59. The van der Waals surface area contributed by atoms with E-state index in [-0.39, 0.29) is 11.9 Å². The van der Waals surface area contributed by atoms with E-state index in [0.29, 0.717) is 6.61 Å². The van der Waals surface area contributed by atoms with Crippen molar-refractivity contribution in [2.75, 3.05) is 6.61 Å². The molecule has 1 heterocycles. The molecule has 2 rings (SSSR count). The molecular weight excluding hydrogens is 348 g/mol. The van der Waals surface area contributed by atoms with E-state index in [1.165, 1.54) is 0 Å². The largest absolute Gasteiger partial charge is 0.478 e. The van der Waals surface area contributed by atoms with Gasteiger partial charge in [0.05, 0.1) is 12.6 Å². The minimum absolute atomic E-state index is 0.0116. The zero-order chi connectivity index (χ0) is 12.5. The minimum Gasteiger partial charge on any atom is -0.478 e. The molecule has 0 fully saturated rings. The molecule has 0 saturated heterocycles. The summed E-state index contributed by atoms with van der Waals surface area (Å²) in [5.74, 6) is 0.168. The van der Waals surface area contributed by atoms with E-state index in [0.717, 1.165) is 16.5 Å². The van der Waals surface area contributed by atoms with Crippen LogP contribution in [0.4, 0.5) is 0 Å². The third kappa shape index (κ3) is 3.50. The Kier molecular flexibility index (Phi) is 4.24. The third-order valence-corrected chi connectivity index (χ3v) is 3.41. The lowest BCUT2D eigenvalue weighted by molar-refractivity contribution is 0.255. The summed E-state index contributed by atoms with van der Waals surface area (Å²) in [5, 5.41) is 0. The van der Waals surface area contributed by atoms with E-state index in [1.807, 2.05) is 24.3 Å². The highest BCUT2D eigenvalue weighted by Gasteiger charge is 2.33. The molecular formula is C11H9BrCl3NO. The van der Waals surface area contributed by atoms with Crippen molar-refractivity contribution < 1.29 is 4.74 Å². The van der Waals surface area contributed by atoms with Gasteiger partial charge in [0.25, 0.3) is 3.79 Å². The number of aliphatic imine (C=N–C) groups is 1. The van der Waals surface area contributed by atoms with Gasteiger partial charge in [-0.3, -0.25) is 0 Å². The average Bonchev–Trinajstić information content (AvgIpc) is 2.29. The van der Waals surface area contributed by atoms with Gasteiger partial charge in [-0.05, 0) is 17.7 Å². The Labute approximate surface area is 123 Å². The van der Waals surface area contributed by atoms with Gasteiger partial charge in [-0.25, -0.2) is 4.99 Å². The molecule has 6 heteroatoms. The second kappa shape index (κ2) is 5.35. The van der Waals surface area contributed by atoms with Gasteiger partial charge in [0.15, 0.2) is 0 Å². The van der Waals surface area contributed by atoms with Crippen molar-refractivity contribution in [3.8, 4) is 0 Å². The Hall–Kier alpha value is 0.0400. The Morgan fingerprint density at radius 1 is 1.24 bits per heavy atom. The molecule has 0 aliphatic carbocycles. The van der Waals surface area contributed by atoms with Crippen LogP contribution in [0.25, 0.3) is 0 Å². The fraction of sp³-hybridized carbons (Fsp3) is 0.364. The Balaban J connectivity index is 2.25. The van der Waals surface area contributed by atoms with E-state index < -0.39 is 3.79 Å². The molecule has 0 N–H and O–H groups in total. The quantitative estimate of drug-likeness (QED) is 0.669. The second-order valence-electron chi connectivity index (χ2n) is 3.64. The lowest BCUT2D eigenvalue weighted by atomic mass is 10.0. The fourth-order valence-corrected chi connectivity index (χ4v) is 2.17. The van der Waals surface area contributed by atoms with E-state index >= 15 is 0 Å². The number of benzene rings is 1. The summed E-state index contributed by atoms with van der Waals surface area (Å²) in [4.78, 5) is 4.34. The molecule has 0 bridgehead atoms. The van der Waals surface area contributed by atoms with Crippen LogP contribution in [0.1, 0.15) is 18.0 Å². The standard InChI is InChI=1S/C11H9BrCl3NO/c12-8-3-1-7(2-4-8)9-5-6-17-10(16-9)11(13,14)15/h1-4,9H,5-6H2. The first-order chi connectivity index (χ1) is 7.97. The predicted octanol–water partition coefficient (Wildman–Crippen LogP) is 4.68. The molecule has 1 aromatic carbocycles. The summed E-state index contributed by atoms with van der Waals surface area (Å²) < 4.78 is 4.70. The zero-order valence-electron chi connectivity index (χ0n) is 8.67. The molecule has 1 aromatic rings. The van der Waals surface area contributed by atoms with E-state index in [2.05, 4.69) is 20.9 Å². The van der Waals surface area contributed by atoms with Gasteiger partial charge in [-0.1, -0.05) is 62.9 Å². The smallest absolute Gasteiger partial charge is 0.266 e. The van der Waals surface area contributed by atoms with Crippen molar-refractivity contribution in [1.29, 1.82) is 0 Å². The van der Waals surface area contributed by atoms with E-state index in [1.54, 1.807) is 0 Å². The topological polar surface area (TPSA) is 21.6 Å². The first-order valence-corrected chi connectivity index (χ1v) is 6.93. The lowest BCUT2D eigenvalue weighted by Gasteiger charge is -2.24. The maximum absolute atomic E-state index is 5.76. The molecule has 1 atom stereocenters. The average molecular weight is 357 g/mol. The number of rotatable bonds is 1. The van der Waals surface area contributed by atoms with Crippen LogP contribution >= 0.6 is 50.7 Å². The van der Waals surface area contributed by atoms with Crippen molar-refractivity contribution in [1.82, 2.24) is 0 Å². The van der Waals surface area contributed by atoms with Crippen molar-refractivity contribution in [2.45, 2.75) is 16.3 Å². The highest BCUT2D eigenvalue weighted by atomic mass is 79.9. The van der Waals surface area contributed by atoms with Crippen molar-refractivity contribution in [2.24, 2.45) is 4.99 Å². The van der Waals surface area contributed by atoms with Gasteiger partial charge >= 0.3 is 0 Å². The van der Waals surface area contributed by atoms with Gasteiger partial charge in [-0.15, -0.1) is 0 Å². The normalized spacial score (nSPS) is 20.7. The van der Waals surface area contributed by atoms with Gasteiger partial charge < -0.3 is 4.74 Å². The fourth-order valence-electron chi connectivity index (χ4n) is 1.59. The van der Waals surface area contributed by atoms with E-state index in [9.17, 15) is 0 Å². The Morgan fingerprint density at radius 3 is 2.47 bits per heavy atom. The molecule has 1 aliphatic heterocycles. The summed E-state index contributed by atoms with van der Waals surface area (Å²) in [6.45, 7) is 0.507. The summed E-state index contributed by atoms with van der Waals surface area (Å²) in [6.07, 6.45) is 0.784. The molecule has 0 saturated carbocycles. The third-order valence-electron chi connectivity index (χ3n) is 2.40. The first kappa shape index (κ1) is 13.5. The molecule has 2 nitrogen and oxygen atoms in total. The van der Waals surface area contributed by atoms with Gasteiger partial charge in [0.2, 0.25) is 5.90 Å². The number of nitrogens with zero attached hydrogens (tertiary/aromatic N) is 1. The van der Waals surface area contributed by atoms with Gasteiger partial charge in [-0.2, -0.15) is 0 Å². The number of ether oxygens (including phenoxy) is 1. The summed E-state index contributed by atoms with van der Waals surface area (Å²) in [5.41, 5.74) is 1.09. The Morgan fingerprint density at radius 2 is 1.88 bits per heavy atom. The summed E-state index contributed by atoms with van der Waals surface area (Å²) in [7, 11) is 0. The molecule has 1 aliphatic rings. The number of halogens is 4. The van der Waals surface area contributed by atoms with Crippen molar-refractivity contribution in [3.05, 3.63) is 34.3 Å². The van der Waals surface area contributed by atoms with Crippen LogP contribution in [-0.4, -0.2) is 16.3 Å². The predicted molar refractivity (Wildman–Crippen MR) is 75.2 cm³/mol. The van der Waals surface area contributed by atoms with Crippen LogP contribution in [-0.2, 0) is 4.74 Å². The maximum Gasteiger partial charge on any atom is 0.266 e. The van der Waals surface area contributed by atoms with Gasteiger partial charge in [0.1, 0.15) is 0 Å². The van der Waals surface area contributed by atoms with Crippen molar-refractivity contribution in [3.63, 3.8) is 0 Å². The monoisotopic (exact) mass is 355 g/mol. The van der Waals surface area contributed by atoms with Crippen LogP contribution in [0.3, 0.4) is 0 Å². The lowest BCUT2D eigenvalue weighted by Crippen LogP contribution is -2.27. The molecule has 0 spiro atoms. The van der Waals surface area contributed by atoms with Crippen LogP contribution in [0.5, 0.6) is 0 Å². The SMILES string of the molecule is ClC(Cl)(Cl)C1=NC(c2ccc(Br)cc2)CCO1. The molecule has 1 unspecified atom stereocenters. The number of hydrogen-bond donors (Lipinski definition) is 0. The molecule has 0 aromatic heterocycles. The number of hydrogen-bond acceptors (Lipinski definition) is 2. The summed E-state index contributed by atoms with van der Waals surface area (Å²) in [6, 6.07) is 7.92. The molecule has 0 radical (unpaired) electrons. The van der Waals surface area contributed by atoms with Crippen LogP contribution in [0.2, 0.25) is 0 Å². The summed E-state index contributed by atoms with van der Waals surface area (Å²) >= 11 is 20.7. The van der Waals surface area contributed by atoms with E-state index in [4.69, 9.17) is 39.5 Å². The molecule has 92 valence electrons. The maximum atomic E-state index is 5.76. The molecule has 0 amide bonds. The van der Waals surface area contributed by atoms with Crippen molar-refractivity contribution >= 4 is 56.6 Å².